The summed E-state index contributed by atoms with van der Waals surface area (Å²) < 4.78 is 11.1. The fourth-order valence-corrected chi connectivity index (χ4v) is 3.37. The Kier molecular flexibility index (Phi) is 5.13. The van der Waals surface area contributed by atoms with E-state index < -0.39 is 5.97 Å². The average Bonchev–Trinajstić information content (AvgIpc) is 2.85. The second kappa shape index (κ2) is 6.66. The van der Waals surface area contributed by atoms with Gasteiger partial charge in [0, 0.05) is 4.88 Å². The quantitative estimate of drug-likeness (QED) is 0.743. The first kappa shape index (κ1) is 15.4. The number of esters is 1. The van der Waals surface area contributed by atoms with Gasteiger partial charge in [0.1, 0.15) is 10.8 Å². The molecule has 0 aliphatic rings. The van der Waals surface area contributed by atoms with Crippen molar-refractivity contribution in [2.75, 3.05) is 13.2 Å². The predicted octanol–water partition coefficient (Wildman–Crippen LogP) is 4.71. The second-order valence-corrected chi connectivity index (χ2v) is 5.97. The molecule has 0 aliphatic heterocycles. The van der Waals surface area contributed by atoms with E-state index in [9.17, 15) is 4.79 Å². The van der Waals surface area contributed by atoms with Crippen molar-refractivity contribution in [3.63, 3.8) is 0 Å². The summed E-state index contributed by atoms with van der Waals surface area (Å²) >= 11 is 14.1. The van der Waals surface area contributed by atoms with E-state index >= 15 is 0 Å². The summed E-state index contributed by atoms with van der Waals surface area (Å²) in [4.78, 5) is 12.5. The zero-order valence-corrected chi connectivity index (χ0v) is 13.5. The Labute approximate surface area is 131 Å². The zero-order valence-electron chi connectivity index (χ0n) is 11.2. The molecule has 0 N–H and O–H groups in total. The molecule has 0 saturated carbocycles. The maximum absolute atomic E-state index is 11.3. The minimum absolute atomic E-state index is 0.180. The monoisotopic (exact) mass is 332 g/mol. The molecule has 0 atom stereocenters. The van der Waals surface area contributed by atoms with E-state index in [1.54, 1.807) is 24.3 Å². The van der Waals surface area contributed by atoms with Crippen LogP contribution in [-0.2, 0) is 16.0 Å². The van der Waals surface area contributed by atoms with Crippen molar-refractivity contribution in [2.24, 2.45) is 0 Å². The van der Waals surface area contributed by atoms with Crippen LogP contribution in [0.2, 0.25) is 10.0 Å². The number of hydrogen-bond acceptors (Lipinski definition) is 4. The fourth-order valence-electron chi connectivity index (χ4n) is 1.77. The summed E-state index contributed by atoms with van der Waals surface area (Å²) in [5.41, 5.74) is 0. The smallest absolute Gasteiger partial charge is 0.344 e. The van der Waals surface area contributed by atoms with Crippen LogP contribution in [0.1, 0.15) is 18.7 Å². The summed E-state index contributed by atoms with van der Waals surface area (Å²) in [5, 5.41) is 1.76. The van der Waals surface area contributed by atoms with Crippen LogP contribution >= 0.6 is 34.5 Å². The normalized spacial score (nSPS) is 10.8. The van der Waals surface area contributed by atoms with Gasteiger partial charge in [0.15, 0.2) is 6.61 Å². The summed E-state index contributed by atoms with van der Waals surface area (Å²) in [5.74, 6) is -0.0305. The van der Waals surface area contributed by atoms with E-state index in [0.717, 1.165) is 16.5 Å². The molecule has 6 heteroatoms. The number of hydrogen-bond donors (Lipinski definition) is 0. The molecule has 3 nitrogen and oxygen atoms in total. The molecule has 2 rings (SSSR count). The second-order valence-electron chi connectivity index (χ2n) is 4.08. The molecule has 20 heavy (non-hydrogen) atoms. The van der Waals surface area contributed by atoms with E-state index in [1.807, 2.05) is 0 Å². The molecule has 1 aromatic carbocycles. The Bertz CT molecular complexity index is 637. The maximum Gasteiger partial charge on any atom is 0.344 e. The fraction of sp³-hybridized carbons (Fsp3) is 0.357. The summed E-state index contributed by atoms with van der Waals surface area (Å²) in [6.45, 7) is 3.96. The van der Waals surface area contributed by atoms with Crippen LogP contribution in [0.4, 0.5) is 0 Å². The summed E-state index contributed by atoms with van der Waals surface area (Å²) in [6, 6.07) is 3.86. The minimum atomic E-state index is -0.431. The maximum atomic E-state index is 11.3. The molecule has 2 aromatic rings. The van der Waals surface area contributed by atoms with Gasteiger partial charge >= 0.3 is 5.97 Å². The Morgan fingerprint density at radius 3 is 2.65 bits per heavy atom. The first-order valence-electron chi connectivity index (χ1n) is 6.25. The molecule has 0 fully saturated rings. The van der Waals surface area contributed by atoms with Crippen LogP contribution in [0.5, 0.6) is 5.75 Å². The number of fused-ring (bicyclic) bond motifs is 1. The van der Waals surface area contributed by atoms with Gasteiger partial charge in [-0.3, -0.25) is 0 Å². The SMILES string of the molecule is CCOC(=O)COc1cc2cc(CC)sc2c(Cl)c1Cl. The van der Waals surface area contributed by atoms with Gasteiger partial charge in [0.25, 0.3) is 0 Å². The molecule has 108 valence electrons. The molecule has 1 aromatic heterocycles. The first-order valence-corrected chi connectivity index (χ1v) is 7.82. The van der Waals surface area contributed by atoms with Crippen molar-refractivity contribution in [1.29, 1.82) is 0 Å². The molecular weight excluding hydrogens is 319 g/mol. The third-order valence-electron chi connectivity index (χ3n) is 2.71. The number of benzene rings is 1. The number of carbonyl (C=O) groups excluding carboxylic acids is 1. The van der Waals surface area contributed by atoms with Crippen molar-refractivity contribution in [3.8, 4) is 5.75 Å². The van der Waals surface area contributed by atoms with Gasteiger partial charge in [0.05, 0.1) is 16.3 Å². The zero-order chi connectivity index (χ0) is 14.7. The molecule has 0 bridgehead atoms. The van der Waals surface area contributed by atoms with E-state index in [1.165, 1.54) is 4.88 Å². The molecular formula is C14H14Cl2O3S. The van der Waals surface area contributed by atoms with Gasteiger partial charge in [-0.25, -0.2) is 4.79 Å². The van der Waals surface area contributed by atoms with Gasteiger partial charge in [-0.1, -0.05) is 30.1 Å². The Balaban J connectivity index is 2.29. The van der Waals surface area contributed by atoms with Gasteiger partial charge in [-0.05, 0) is 30.9 Å². The van der Waals surface area contributed by atoms with Crippen LogP contribution in [0, 0.1) is 0 Å². The predicted molar refractivity (Wildman–Crippen MR) is 83.4 cm³/mol. The lowest BCUT2D eigenvalue weighted by atomic mass is 10.2. The van der Waals surface area contributed by atoms with Crippen molar-refractivity contribution in [2.45, 2.75) is 20.3 Å². The van der Waals surface area contributed by atoms with E-state index in [-0.39, 0.29) is 6.61 Å². The van der Waals surface area contributed by atoms with E-state index in [2.05, 4.69) is 13.0 Å². The standard InChI is InChI=1S/C14H14Cl2O3S/c1-3-9-5-8-6-10(19-7-11(17)18-4-2)12(15)13(16)14(8)20-9/h5-6H,3-4,7H2,1-2H3. The van der Waals surface area contributed by atoms with E-state index in [0.29, 0.717) is 22.4 Å². The van der Waals surface area contributed by atoms with Crippen molar-refractivity contribution >= 4 is 50.6 Å². The number of ether oxygens (including phenoxy) is 2. The molecule has 0 spiro atoms. The lowest BCUT2D eigenvalue weighted by molar-refractivity contribution is -0.145. The molecule has 0 unspecified atom stereocenters. The summed E-state index contributed by atoms with van der Waals surface area (Å²) in [6.07, 6.45) is 0.937. The number of thiophene rings is 1. The Morgan fingerprint density at radius 1 is 1.25 bits per heavy atom. The Morgan fingerprint density at radius 2 is 2.00 bits per heavy atom. The lowest BCUT2D eigenvalue weighted by Crippen LogP contribution is -2.14. The van der Waals surface area contributed by atoms with Crippen molar-refractivity contribution in [1.82, 2.24) is 0 Å². The summed E-state index contributed by atoms with van der Waals surface area (Å²) in [7, 11) is 0. The lowest BCUT2D eigenvalue weighted by Gasteiger charge is -2.09. The number of rotatable bonds is 5. The number of aryl methyl sites for hydroxylation is 1. The topological polar surface area (TPSA) is 35.5 Å². The largest absolute Gasteiger partial charge is 0.480 e. The molecule has 1 heterocycles. The third kappa shape index (κ3) is 3.19. The molecule has 0 radical (unpaired) electrons. The average molecular weight is 333 g/mol. The highest BCUT2D eigenvalue weighted by molar-refractivity contribution is 7.19. The first-order chi connectivity index (χ1) is 9.56. The highest BCUT2D eigenvalue weighted by atomic mass is 35.5. The van der Waals surface area contributed by atoms with Crippen molar-refractivity contribution in [3.05, 3.63) is 27.1 Å². The number of carbonyl (C=O) groups is 1. The van der Waals surface area contributed by atoms with Gasteiger partial charge < -0.3 is 9.47 Å². The van der Waals surface area contributed by atoms with Crippen LogP contribution in [0.15, 0.2) is 12.1 Å². The number of halogens is 2. The molecule has 0 saturated heterocycles. The van der Waals surface area contributed by atoms with Crippen LogP contribution in [0.3, 0.4) is 0 Å². The molecule has 0 amide bonds. The third-order valence-corrected chi connectivity index (χ3v) is 4.98. The van der Waals surface area contributed by atoms with Gasteiger partial charge in [-0.2, -0.15) is 0 Å². The van der Waals surface area contributed by atoms with Gasteiger partial charge in [0.2, 0.25) is 0 Å². The van der Waals surface area contributed by atoms with Crippen LogP contribution < -0.4 is 4.74 Å². The highest BCUT2D eigenvalue weighted by Gasteiger charge is 2.15. The van der Waals surface area contributed by atoms with Gasteiger partial charge in [-0.15, -0.1) is 11.3 Å². The highest BCUT2D eigenvalue weighted by Crippen LogP contribution is 2.42. The van der Waals surface area contributed by atoms with Crippen molar-refractivity contribution < 1.29 is 14.3 Å². The minimum Gasteiger partial charge on any atom is -0.480 e. The Hall–Kier alpha value is -0.970. The van der Waals surface area contributed by atoms with Crippen LogP contribution in [-0.4, -0.2) is 19.2 Å². The van der Waals surface area contributed by atoms with Crippen LogP contribution in [0.25, 0.3) is 10.1 Å². The molecule has 0 aliphatic carbocycles. The van der Waals surface area contributed by atoms with E-state index in [4.69, 9.17) is 32.7 Å².